The molecule has 0 radical (unpaired) electrons. The molecule has 1 saturated carbocycles. The van der Waals surface area contributed by atoms with E-state index in [4.69, 9.17) is 63.7 Å². The molecule has 2 atom stereocenters. The van der Waals surface area contributed by atoms with Crippen LogP contribution >= 0.6 is 58.0 Å². The second-order valence-electron chi connectivity index (χ2n) is 8.32. The fraction of sp³-hybridized carbons (Fsp3) is 0.200. The maximum atomic E-state index is 13.1. The summed E-state index contributed by atoms with van der Waals surface area (Å²) in [5.41, 5.74) is 9.49. The molecule has 34 heavy (non-hydrogen) atoms. The zero-order chi connectivity index (χ0) is 24.8. The summed E-state index contributed by atoms with van der Waals surface area (Å²) in [5.74, 6) is -1.63. The second kappa shape index (κ2) is 9.60. The molecule has 176 valence electrons. The van der Waals surface area contributed by atoms with Crippen molar-refractivity contribution in [3.05, 3.63) is 91.9 Å². The van der Waals surface area contributed by atoms with E-state index in [2.05, 4.69) is 5.32 Å². The van der Waals surface area contributed by atoms with E-state index in [1.165, 1.54) is 0 Å². The number of anilines is 2. The topological polar surface area (TPSA) is 72.2 Å². The van der Waals surface area contributed by atoms with E-state index in [9.17, 15) is 9.59 Å². The number of rotatable bonds is 6. The fourth-order valence-electron chi connectivity index (χ4n) is 3.98. The number of ketones is 1. The normalized spacial score (nSPS) is 18.4. The van der Waals surface area contributed by atoms with Crippen molar-refractivity contribution in [3.63, 3.8) is 0 Å². The maximum Gasteiger partial charge on any atom is 0.257 e. The Morgan fingerprint density at radius 2 is 1.65 bits per heavy atom. The van der Waals surface area contributed by atoms with Crippen molar-refractivity contribution in [3.8, 4) is 0 Å². The molecule has 4 rings (SSSR count). The molecule has 0 spiro atoms. The van der Waals surface area contributed by atoms with Crippen molar-refractivity contribution in [2.45, 2.75) is 23.6 Å². The average Bonchev–Trinajstić information content (AvgIpc) is 3.33. The monoisotopic (exact) mass is 554 g/mol. The zero-order valence-corrected chi connectivity index (χ0v) is 21.6. The third-order valence-electron chi connectivity index (χ3n) is 5.84. The van der Waals surface area contributed by atoms with E-state index in [0.29, 0.717) is 32.5 Å². The van der Waals surface area contributed by atoms with Gasteiger partial charge in [0.15, 0.2) is 0 Å². The number of carbonyl (C=O) groups excluding carboxylic acids is 2. The molecule has 1 fully saturated rings. The lowest BCUT2D eigenvalue weighted by Crippen LogP contribution is -2.14. The van der Waals surface area contributed by atoms with Crippen molar-refractivity contribution >= 4 is 81.1 Å². The van der Waals surface area contributed by atoms with Crippen LogP contribution in [0.3, 0.4) is 0 Å². The van der Waals surface area contributed by atoms with Gasteiger partial charge in [0.05, 0.1) is 16.5 Å². The Morgan fingerprint density at radius 1 is 0.971 bits per heavy atom. The van der Waals surface area contributed by atoms with Gasteiger partial charge in [-0.05, 0) is 66.1 Å². The van der Waals surface area contributed by atoms with Crippen LogP contribution in [0.5, 0.6) is 0 Å². The van der Waals surface area contributed by atoms with Crippen LogP contribution in [-0.4, -0.2) is 16.0 Å². The van der Waals surface area contributed by atoms with Crippen LogP contribution in [0, 0.1) is 12.8 Å². The minimum absolute atomic E-state index is 0.0333. The van der Waals surface area contributed by atoms with Gasteiger partial charge in [0, 0.05) is 33.8 Å². The van der Waals surface area contributed by atoms with Gasteiger partial charge < -0.3 is 11.1 Å². The Kier molecular flexibility index (Phi) is 7.10. The molecule has 3 aromatic rings. The first-order valence-corrected chi connectivity index (χ1v) is 12.2. The molecule has 0 aromatic heterocycles. The molecule has 1 aliphatic rings. The van der Waals surface area contributed by atoms with E-state index in [1.54, 1.807) is 48.5 Å². The van der Waals surface area contributed by atoms with Gasteiger partial charge in [0.2, 0.25) is 0 Å². The molecule has 2 unspecified atom stereocenters. The lowest BCUT2D eigenvalue weighted by atomic mass is 10.0. The number of amides is 1. The predicted octanol–water partition coefficient (Wildman–Crippen LogP) is 7.49. The first kappa shape index (κ1) is 25.2. The number of carbonyl (C=O) groups is 2. The van der Waals surface area contributed by atoms with Crippen LogP contribution in [0.4, 0.5) is 11.4 Å². The molecule has 0 heterocycles. The number of hydrogen-bond donors (Lipinski definition) is 2. The first-order valence-electron chi connectivity index (χ1n) is 10.3. The minimum Gasteiger partial charge on any atom is -0.398 e. The Hall–Kier alpha value is -1.95. The molecule has 9 heteroatoms. The summed E-state index contributed by atoms with van der Waals surface area (Å²) >= 11 is 31.4. The highest BCUT2D eigenvalue weighted by Gasteiger charge is 2.67. The van der Waals surface area contributed by atoms with Crippen molar-refractivity contribution in [2.24, 2.45) is 5.92 Å². The number of benzene rings is 3. The Balaban J connectivity index is 1.51. The average molecular weight is 557 g/mol. The highest BCUT2D eigenvalue weighted by atomic mass is 35.5. The number of nitrogen functional groups attached to an aromatic ring is 1. The van der Waals surface area contributed by atoms with Crippen LogP contribution < -0.4 is 11.1 Å². The molecule has 0 bridgehead atoms. The lowest BCUT2D eigenvalue weighted by Gasteiger charge is -2.10. The molecule has 0 aliphatic heterocycles. The van der Waals surface area contributed by atoms with E-state index < -0.39 is 22.1 Å². The van der Waals surface area contributed by atoms with Gasteiger partial charge in [-0.1, -0.05) is 46.9 Å². The van der Waals surface area contributed by atoms with E-state index in [0.717, 1.165) is 5.56 Å². The predicted molar refractivity (Wildman–Crippen MR) is 141 cm³/mol. The van der Waals surface area contributed by atoms with Crippen LogP contribution in [0.25, 0.3) is 0 Å². The molecule has 3 N–H and O–H groups in total. The Bertz CT molecular complexity index is 1290. The van der Waals surface area contributed by atoms with Crippen LogP contribution in [0.1, 0.15) is 33.0 Å². The number of alkyl halides is 2. The van der Waals surface area contributed by atoms with Crippen molar-refractivity contribution in [2.75, 3.05) is 11.1 Å². The molecule has 0 saturated heterocycles. The number of hydrogen-bond acceptors (Lipinski definition) is 3. The number of aryl methyl sites for hydroxylation is 1. The van der Waals surface area contributed by atoms with Crippen LogP contribution in [0.15, 0.2) is 54.6 Å². The fourth-order valence-corrected chi connectivity index (χ4v) is 5.60. The molecule has 3 aromatic carbocycles. The van der Waals surface area contributed by atoms with E-state index in [1.807, 2.05) is 13.0 Å². The quantitative estimate of drug-likeness (QED) is 0.244. The molecular weight excluding hydrogens is 538 g/mol. The number of nitrogens with one attached hydrogen (secondary N) is 1. The van der Waals surface area contributed by atoms with Gasteiger partial charge in [0.25, 0.3) is 5.91 Å². The minimum atomic E-state index is -1.26. The third kappa shape index (κ3) is 5.17. The first-order chi connectivity index (χ1) is 16.0. The summed E-state index contributed by atoms with van der Waals surface area (Å²) in [5, 5.41) is 3.92. The summed E-state index contributed by atoms with van der Waals surface area (Å²) in [6, 6.07) is 15.1. The zero-order valence-electron chi connectivity index (χ0n) is 17.8. The SMILES string of the molecule is Cc1ccc(NC(=O)c2cc(CC(=O)C3C(c4cc(Cl)cc(Cl)c4)C3(Cl)Cl)ccc2Cl)cc1N. The van der Waals surface area contributed by atoms with Gasteiger partial charge in [-0.15, -0.1) is 23.2 Å². The summed E-state index contributed by atoms with van der Waals surface area (Å²) in [6.45, 7) is 1.88. The van der Waals surface area contributed by atoms with Gasteiger partial charge in [-0.3, -0.25) is 9.59 Å². The van der Waals surface area contributed by atoms with Crippen molar-refractivity contribution < 1.29 is 9.59 Å². The highest BCUT2D eigenvalue weighted by Crippen LogP contribution is 2.65. The van der Waals surface area contributed by atoms with Crippen molar-refractivity contribution in [1.29, 1.82) is 0 Å². The van der Waals surface area contributed by atoms with Gasteiger partial charge in [-0.2, -0.15) is 0 Å². The molecular formula is C25H19Cl5N2O2. The second-order valence-corrected chi connectivity index (χ2v) is 11.0. The summed E-state index contributed by atoms with van der Waals surface area (Å²) in [6.07, 6.45) is 0.0333. The standard InChI is InChI=1S/C25H19Cl5N2O2/c1-12-2-4-17(11-20(12)31)32-24(34)18-6-13(3-5-19(18)28)7-21(33)23-22(25(23,29)30)14-8-15(26)10-16(27)9-14/h2-6,8-11,22-23H,7,31H2,1H3,(H,32,34). The van der Waals surface area contributed by atoms with Crippen LogP contribution in [-0.2, 0) is 11.2 Å². The smallest absolute Gasteiger partial charge is 0.257 e. The number of nitrogens with two attached hydrogens (primary N) is 1. The molecule has 1 aliphatic carbocycles. The van der Waals surface area contributed by atoms with Crippen LogP contribution in [0.2, 0.25) is 15.1 Å². The number of halogens is 5. The number of Topliss-reactive ketones (excluding diaryl/α,β-unsaturated/α-hetero) is 1. The molecule has 1 amide bonds. The highest BCUT2D eigenvalue weighted by molar-refractivity contribution is 6.53. The maximum absolute atomic E-state index is 13.1. The summed E-state index contributed by atoms with van der Waals surface area (Å²) in [7, 11) is 0. The Morgan fingerprint density at radius 3 is 2.29 bits per heavy atom. The lowest BCUT2D eigenvalue weighted by molar-refractivity contribution is -0.119. The van der Waals surface area contributed by atoms with E-state index in [-0.39, 0.29) is 22.8 Å². The molecule has 4 nitrogen and oxygen atoms in total. The Labute approximate surface area is 222 Å². The summed E-state index contributed by atoms with van der Waals surface area (Å²) < 4.78 is -1.26. The largest absolute Gasteiger partial charge is 0.398 e. The van der Waals surface area contributed by atoms with Gasteiger partial charge >= 0.3 is 0 Å². The van der Waals surface area contributed by atoms with Crippen molar-refractivity contribution in [1.82, 2.24) is 0 Å². The summed E-state index contributed by atoms with van der Waals surface area (Å²) in [4.78, 5) is 25.9. The van der Waals surface area contributed by atoms with Gasteiger partial charge in [0.1, 0.15) is 10.1 Å². The third-order valence-corrected chi connectivity index (χ3v) is 7.54. The van der Waals surface area contributed by atoms with E-state index >= 15 is 0 Å². The van der Waals surface area contributed by atoms with Gasteiger partial charge in [-0.25, -0.2) is 0 Å².